The van der Waals surface area contributed by atoms with Crippen LogP contribution in [0.2, 0.25) is 0 Å². The second-order valence-electron chi connectivity index (χ2n) is 7.17. The zero-order valence-electron chi connectivity index (χ0n) is 15.9. The Morgan fingerprint density at radius 1 is 1.11 bits per heavy atom. The quantitative estimate of drug-likeness (QED) is 0.709. The Kier molecular flexibility index (Phi) is 5.21. The summed E-state index contributed by atoms with van der Waals surface area (Å²) >= 11 is 0. The van der Waals surface area contributed by atoms with Crippen LogP contribution in [0, 0.1) is 13.8 Å². The fraction of sp³-hybridized carbons (Fsp3) is 0.364. The van der Waals surface area contributed by atoms with Crippen molar-refractivity contribution in [1.29, 1.82) is 0 Å². The summed E-state index contributed by atoms with van der Waals surface area (Å²) < 4.78 is 11.6. The van der Waals surface area contributed by atoms with Crippen LogP contribution >= 0.6 is 0 Å². The van der Waals surface area contributed by atoms with Crippen molar-refractivity contribution >= 4 is 0 Å². The average molecular weight is 363 g/mol. The molecule has 0 bridgehead atoms. The summed E-state index contributed by atoms with van der Waals surface area (Å²) in [5.74, 6) is 2.24. The van der Waals surface area contributed by atoms with Crippen molar-refractivity contribution in [3.05, 3.63) is 65.0 Å². The van der Waals surface area contributed by atoms with Crippen molar-refractivity contribution in [2.45, 2.75) is 45.8 Å². The molecule has 27 heavy (non-hydrogen) atoms. The zero-order chi connectivity index (χ0) is 18.6. The molecule has 0 radical (unpaired) electrons. The van der Waals surface area contributed by atoms with E-state index in [2.05, 4.69) is 53.6 Å². The third-order valence-corrected chi connectivity index (χ3v) is 4.99. The van der Waals surface area contributed by atoms with Crippen LogP contribution in [0.4, 0.5) is 0 Å². The molecule has 0 saturated carbocycles. The SMILES string of the molecule is Cc1cc(-c2noc(C3CCCCN3)n2)cc(C)c1OCc1ccccc1. The van der Waals surface area contributed by atoms with Gasteiger partial charge in [0.05, 0.1) is 6.04 Å². The average Bonchev–Trinajstić information content (AvgIpc) is 3.19. The fourth-order valence-corrected chi connectivity index (χ4v) is 3.59. The number of aromatic nitrogens is 2. The number of hydrogen-bond donors (Lipinski definition) is 1. The smallest absolute Gasteiger partial charge is 0.244 e. The van der Waals surface area contributed by atoms with Gasteiger partial charge in [0.1, 0.15) is 12.4 Å². The summed E-state index contributed by atoms with van der Waals surface area (Å²) in [5, 5.41) is 7.65. The zero-order valence-corrected chi connectivity index (χ0v) is 15.9. The fourth-order valence-electron chi connectivity index (χ4n) is 3.59. The first-order chi connectivity index (χ1) is 13.2. The second kappa shape index (κ2) is 7.92. The Morgan fingerprint density at radius 2 is 1.89 bits per heavy atom. The summed E-state index contributed by atoms with van der Waals surface area (Å²) in [7, 11) is 0. The van der Waals surface area contributed by atoms with Gasteiger partial charge in [0.2, 0.25) is 11.7 Å². The van der Waals surface area contributed by atoms with E-state index in [9.17, 15) is 0 Å². The van der Waals surface area contributed by atoms with Crippen LogP contribution in [-0.4, -0.2) is 16.7 Å². The molecule has 0 spiro atoms. The maximum Gasteiger partial charge on any atom is 0.244 e. The van der Waals surface area contributed by atoms with Crippen LogP contribution in [0.5, 0.6) is 5.75 Å². The molecule has 5 nitrogen and oxygen atoms in total. The monoisotopic (exact) mass is 363 g/mol. The van der Waals surface area contributed by atoms with E-state index in [0.29, 0.717) is 18.3 Å². The lowest BCUT2D eigenvalue weighted by Crippen LogP contribution is -2.26. The maximum absolute atomic E-state index is 6.07. The molecule has 1 unspecified atom stereocenters. The largest absolute Gasteiger partial charge is 0.488 e. The van der Waals surface area contributed by atoms with Crippen LogP contribution in [0.25, 0.3) is 11.4 Å². The number of hydrogen-bond acceptors (Lipinski definition) is 5. The Balaban J connectivity index is 1.52. The Hall–Kier alpha value is -2.66. The molecule has 0 aliphatic carbocycles. The Bertz CT molecular complexity index is 876. The van der Waals surface area contributed by atoms with E-state index >= 15 is 0 Å². The molecule has 1 aromatic heterocycles. The first-order valence-corrected chi connectivity index (χ1v) is 9.56. The summed E-state index contributed by atoms with van der Waals surface area (Å²) in [6.07, 6.45) is 3.45. The molecule has 140 valence electrons. The number of benzene rings is 2. The minimum atomic E-state index is 0.177. The number of aryl methyl sites for hydroxylation is 2. The lowest BCUT2D eigenvalue weighted by molar-refractivity contribution is 0.297. The van der Waals surface area contributed by atoms with Crippen molar-refractivity contribution in [3.8, 4) is 17.1 Å². The van der Waals surface area contributed by atoms with Crippen molar-refractivity contribution in [1.82, 2.24) is 15.5 Å². The molecule has 1 atom stereocenters. The third-order valence-electron chi connectivity index (χ3n) is 4.99. The molecular weight excluding hydrogens is 338 g/mol. The number of rotatable bonds is 5. The standard InChI is InChI=1S/C22H25N3O2/c1-15-12-18(21-24-22(27-25-21)19-10-6-7-11-23-19)13-16(2)20(15)26-14-17-8-4-3-5-9-17/h3-5,8-9,12-13,19,23H,6-7,10-11,14H2,1-2H3. The van der Waals surface area contributed by atoms with Crippen molar-refractivity contribution in [2.75, 3.05) is 6.54 Å². The molecule has 1 saturated heterocycles. The predicted molar refractivity (Wildman–Crippen MR) is 105 cm³/mol. The number of nitrogens with one attached hydrogen (secondary N) is 1. The minimum absolute atomic E-state index is 0.177. The highest BCUT2D eigenvalue weighted by Crippen LogP contribution is 2.31. The Labute approximate surface area is 159 Å². The molecule has 1 N–H and O–H groups in total. The molecule has 1 aliphatic heterocycles. The highest BCUT2D eigenvalue weighted by molar-refractivity contribution is 5.61. The molecule has 1 fully saturated rings. The molecule has 2 aromatic carbocycles. The van der Waals surface area contributed by atoms with Crippen LogP contribution < -0.4 is 10.1 Å². The van der Waals surface area contributed by atoms with E-state index in [-0.39, 0.29) is 6.04 Å². The van der Waals surface area contributed by atoms with Gasteiger partial charge >= 0.3 is 0 Å². The van der Waals surface area contributed by atoms with Crippen LogP contribution in [0.3, 0.4) is 0 Å². The minimum Gasteiger partial charge on any atom is -0.488 e. The molecule has 2 heterocycles. The van der Waals surface area contributed by atoms with E-state index in [0.717, 1.165) is 41.0 Å². The predicted octanol–water partition coefficient (Wildman–Crippen LogP) is 4.75. The highest BCUT2D eigenvalue weighted by atomic mass is 16.5. The van der Waals surface area contributed by atoms with Crippen LogP contribution in [0.1, 0.15) is 47.9 Å². The van der Waals surface area contributed by atoms with Gasteiger partial charge in [0.15, 0.2) is 0 Å². The van der Waals surface area contributed by atoms with E-state index in [1.165, 1.54) is 12.8 Å². The maximum atomic E-state index is 6.07. The summed E-state index contributed by atoms with van der Waals surface area (Å²) in [4.78, 5) is 4.63. The van der Waals surface area contributed by atoms with Gasteiger partial charge in [0, 0.05) is 5.56 Å². The molecule has 0 amide bonds. The van der Waals surface area contributed by atoms with Crippen molar-refractivity contribution in [3.63, 3.8) is 0 Å². The number of piperidine rings is 1. The topological polar surface area (TPSA) is 60.2 Å². The molecule has 3 aromatic rings. The van der Waals surface area contributed by atoms with Gasteiger partial charge in [-0.1, -0.05) is 41.9 Å². The van der Waals surface area contributed by atoms with Gasteiger partial charge in [-0.25, -0.2) is 0 Å². The van der Waals surface area contributed by atoms with E-state index < -0.39 is 0 Å². The van der Waals surface area contributed by atoms with Gasteiger partial charge in [-0.2, -0.15) is 4.98 Å². The first-order valence-electron chi connectivity index (χ1n) is 9.56. The lowest BCUT2D eigenvalue weighted by atomic mass is 10.0. The van der Waals surface area contributed by atoms with Crippen molar-refractivity contribution in [2.24, 2.45) is 0 Å². The second-order valence-corrected chi connectivity index (χ2v) is 7.17. The van der Waals surface area contributed by atoms with E-state index in [4.69, 9.17) is 9.26 Å². The molecule has 5 heteroatoms. The van der Waals surface area contributed by atoms with Crippen LogP contribution in [-0.2, 0) is 6.61 Å². The van der Waals surface area contributed by atoms with E-state index in [1.54, 1.807) is 0 Å². The van der Waals surface area contributed by atoms with E-state index in [1.807, 2.05) is 18.2 Å². The first kappa shape index (κ1) is 17.7. The summed E-state index contributed by atoms with van der Waals surface area (Å²) in [5.41, 5.74) is 4.26. The van der Waals surface area contributed by atoms with Gasteiger partial charge in [-0.05, 0) is 62.1 Å². The van der Waals surface area contributed by atoms with Crippen molar-refractivity contribution < 1.29 is 9.26 Å². The normalized spacial score (nSPS) is 17.0. The van der Waals surface area contributed by atoms with Gasteiger partial charge < -0.3 is 14.6 Å². The molecular formula is C22H25N3O2. The van der Waals surface area contributed by atoms with Gasteiger partial charge in [-0.3, -0.25) is 0 Å². The van der Waals surface area contributed by atoms with Gasteiger partial charge in [-0.15, -0.1) is 0 Å². The molecule has 1 aliphatic rings. The third kappa shape index (κ3) is 4.03. The molecule has 4 rings (SSSR count). The highest BCUT2D eigenvalue weighted by Gasteiger charge is 2.22. The Morgan fingerprint density at radius 3 is 2.59 bits per heavy atom. The number of ether oxygens (including phenoxy) is 1. The number of nitrogens with zero attached hydrogens (tertiary/aromatic N) is 2. The summed E-state index contributed by atoms with van der Waals surface area (Å²) in [6, 6.07) is 14.5. The summed E-state index contributed by atoms with van der Waals surface area (Å²) in [6.45, 7) is 5.68. The lowest BCUT2D eigenvalue weighted by Gasteiger charge is -2.19. The van der Waals surface area contributed by atoms with Gasteiger partial charge in [0.25, 0.3) is 0 Å². The van der Waals surface area contributed by atoms with Crippen LogP contribution in [0.15, 0.2) is 47.0 Å².